The van der Waals surface area contributed by atoms with Gasteiger partial charge in [-0.2, -0.15) is 11.8 Å². The predicted molar refractivity (Wildman–Crippen MR) is 68.1 cm³/mol. The van der Waals surface area contributed by atoms with E-state index in [1.54, 1.807) is 18.9 Å². The van der Waals surface area contributed by atoms with E-state index in [9.17, 15) is 0 Å². The second-order valence-corrected chi connectivity index (χ2v) is 5.28. The second kappa shape index (κ2) is 6.11. The summed E-state index contributed by atoms with van der Waals surface area (Å²) in [5, 5.41) is 9.21. The summed E-state index contributed by atoms with van der Waals surface area (Å²) in [6, 6.07) is 0. The number of rotatable bonds is 5. The van der Waals surface area contributed by atoms with Crippen LogP contribution in [0, 0.1) is 13.8 Å². The number of hydrogen-bond acceptors (Lipinski definition) is 4. The van der Waals surface area contributed by atoms with Crippen molar-refractivity contribution in [2.75, 3.05) is 13.7 Å². The van der Waals surface area contributed by atoms with Gasteiger partial charge in [0, 0.05) is 28.3 Å². The quantitative estimate of drug-likeness (QED) is 0.859. The van der Waals surface area contributed by atoms with Gasteiger partial charge in [0.15, 0.2) is 0 Å². The zero-order valence-electron chi connectivity index (χ0n) is 10.3. The molecule has 0 fully saturated rings. The molecular formula is C12H19NO2S. The fraction of sp³-hybridized carbons (Fsp3) is 0.583. The van der Waals surface area contributed by atoms with Gasteiger partial charge in [0.1, 0.15) is 5.75 Å². The highest BCUT2D eigenvalue weighted by atomic mass is 32.2. The molecule has 1 N–H and O–H groups in total. The molecule has 0 radical (unpaired) electrons. The van der Waals surface area contributed by atoms with E-state index in [-0.39, 0.29) is 11.9 Å². The molecule has 4 heteroatoms. The van der Waals surface area contributed by atoms with Gasteiger partial charge < -0.3 is 9.84 Å². The van der Waals surface area contributed by atoms with Crippen LogP contribution >= 0.6 is 11.8 Å². The fourth-order valence-electron chi connectivity index (χ4n) is 1.49. The van der Waals surface area contributed by atoms with E-state index >= 15 is 0 Å². The van der Waals surface area contributed by atoms with Crippen LogP contribution in [0.25, 0.3) is 0 Å². The Morgan fingerprint density at radius 3 is 2.75 bits per heavy atom. The van der Waals surface area contributed by atoms with Gasteiger partial charge in [0.05, 0.1) is 19.4 Å². The van der Waals surface area contributed by atoms with Crippen molar-refractivity contribution < 1.29 is 9.84 Å². The number of nitrogens with zero attached hydrogens (tertiary/aromatic N) is 1. The summed E-state index contributed by atoms with van der Waals surface area (Å²) in [4.78, 5) is 4.41. The summed E-state index contributed by atoms with van der Waals surface area (Å²) >= 11 is 1.70. The molecule has 0 aliphatic heterocycles. The first-order valence-electron chi connectivity index (χ1n) is 5.31. The van der Waals surface area contributed by atoms with Gasteiger partial charge in [0.25, 0.3) is 0 Å². The maximum Gasteiger partial charge on any atom is 0.128 e. The summed E-state index contributed by atoms with van der Waals surface area (Å²) in [5.41, 5.74) is 3.19. The Labute approximate surface area is 101 Å². The van der Waals surface area contributed by atoms with Crippen LogP contribution in [0.1, 0.15) is 23.7 Å². The Bertz CT molecular complexity index is 355. The summed E-state index contributed by atoms with van der Waals surface area (Å²) in [7, 11) is 1.68. The molecule has 1 aromatic rings. The highest BCUT2D eigenvalue weighted by molar-refractivity contribution is 7.99. The molecule has 0 aliphatic carbocycles. The van der Waals surface area contributed by atoms with Gasteiger partial charge >= 0.3 is 0 Å². The first-order valence-corrected chi connectivity index (χ1v) is 6.36. The highest BCUT2D eigenvalue weighted by Gasteiger charge is 2.10. The molecule has 0 aromatic carbocycles. The third-order valence-electron chi connectivity index (χ3n) is 2.51. The number of aryl methyl sites for hydroxylation is 1. The Hall–Kier alpha value is -0.740. The van der Waals surface area contributed by atoms with Gasteiger partial charge in [-0.05, 0) is 13.8 Å². The van der Waals surface area contributed by atoms with Crippen LogP contribution in [0.5, 0.6) is 5.75 Å². The van der Waals surface area contributed by atoms with E-state index in [1.807, 2.05) is 27.0 Å². The maximum absolute atomic E-state index is 8.96. The monoisotopic (exact) mass is 241 g/mol. The topological polar surface area (TPSA) is 42.4 Å². The number of aromatic nitrogens is 1. The average molecular weight is 241 g/mol. The van der Waals surface area contributed by atoms with E-state index in [0.29, 0.717) is 0 Å². The summed E-state index contributed by atoms with van der Waals surface area (Å²) < 4.78 is 5.35. The van der Waals surface area contributed by atoms with Crippen molar-refractivity contribution >= 4 is 11.8 Å². The minimum absolute atomic E-state index is 0.201. The molecule has 0 amide bonds. The molecule has 3 nitrogen and oxygen atoms in total. The minimum Gasteiger partial charge on any atom is -0.496 e. The zero-order valence-corrected chi connectivity index (χ0v) is 11.1. The van der Waals surface area contributed by atoms with E-state index in [4.69, 9.17) is 9.84 Å². The number of aliphatic hydroxyl groups is 1. The molecule has 0 spiro atoms. The molecule has 90 valence electrons. The molecule has 1 rings (SSSR count). The fourth-order valence-corrected chi connectivity index (χ4v) is 2.33. The van der Waals surface area contributed by atoms with Crippen LogP contribution in [-0.2, 0) is 5.75 Å². The molecule has 0 saturated heterocycles. The van der Waals surface area contributed by atoms with Crippen LogP contribution < -0.4 is 4.74 Å². The van der Waals surface area contributed by atoms with E-state index in [0.717, 1.165) is 28.3 Å². The van der Waals surface area contributed by atoms with Crippen molar-refractivity contribution in [3.63, 3.8) is 0 Å². The van der Waals surface area contributed by atoms with Crippen LogP contribution in [0.2, 0.25) is 0 Å². The van der Waals surface area contributed by atoms with Crippen LogP contribution in [0.4, 0.5) is 0 Å². The zero-order chi connectivity index (χ0) is 12.1. The molecule has 1 heterocycles. The number of pyridine rings is 1. The lowest BCUT2D eigenvalue weighted by molar-refractivity contribution is 0.300. The Kier molecular flexibility index (Phi) is 5.09. The molecule has 1 atom stereocenters. The number of hydrogen-bond donors (Lipinski definition) is 1. The molecule has 1 aromatic heterocycles. The number of methoxy groups -OCH3 is 1. The summed E-state index contributed by atoms with van der Waals surface area (Å²) in [6.45, 7) is 6.22. The van der Waals surface area contributed by atoms with Gasteiger partial charge in [-0.25, -0.2) is 0 Å². The number of aliphatic hydroxyl groups excluding tert-OH is 1. The Balaban J connectivity index is 2.81. The number of ether oxygens (including phenoxy) is 1. The minimum atomic E-state index is 0.201. The van der Waals surface area contributed by atoms with Gasteiger partial charge in [-0.15, -0.1) is 0 Å². The van der Waals surface area contributed by atoms with Crippen LogP contribution in [0.3, 0.4) is 0 Å². The van der Waals surface area contributed by atoms with Crippen molar-refractivity contribution in [2.24, 2.45) is 0 Å². The SMILES string of the molecule is COc1c(C)cnc(CSC(C)CO)c1C. The standard InChI is InChI=1S/C12H19NO2S/c1-8-5-13-11(7-16-9(2)6-14)10(3)12(8)15-4/h5,9,14H,6-7H2,1-4H3. The molecular weight excluding hydrogens is 222 g/mol. The van der Waals surface area contributed by atoms with Crippen molar-refractivity contribution in [3.05, 3.63) is 23.0 Å². The van der Waals surface area contributed by atoms with Crippen molar-refractivity contribution in [1.29, 1.82) is 0 Å². The number of thioether (sulfide) groups is 1. The smallest absolute Gasteiger partial charge is 0.128 e. The first kappa shape index (κ1) is 13.3. The molecule has 1 unspecified atom stereocenters. The van der Waals surface area contributed by atoms with Crippen LogP contribution in [-0.4, -0.2) is 29.1 Å². The van der Waals surface area contributed by atoms with Gasteiger partial charge in [0.2, 0.25) is 0 Å². The first-order chi connectivity index (χ1) is 7.60. The Morgan fingerprint density at radius 1 is 1.50 bits per heavy atom. The largest absolute Gasteiger partial charge is 0.496 e. The highest BCUT2D eigenvalue weighted by Crippen LogP contribution is 2.27. The lowest BCUT2D eigenvalue weighted by atomic mass is 10.1. The Morgan fingerprint density at radius 2 is 2.19 bits per heavy atom. The van der Waals surface area contributed by atoms with Crippen molar-refractivity contribution in [1.82, 2.24) is 4.98 Å². The molecule has 16 heavy (non-hydrogen) atoms. The lowest BCUT2D eigenvalue weighted by Gasteiger charge is -2.13. The van der Waals surface area contributed by atoms with Gasteiger partial charge in [-0.3, -0.25) is 4.98 Å². The maximum atomic E-state index is 8.96. The third-order valence-corrected chi connectivity index (χ3v) is 3.67. The van der Waals surface area contributed by atoms with E-state index in [1.165, 1.54) is 0 Å². The second-order valence-electron chi connectivity index (χ2n) is 3.85. The average Bonchev–Trinajstić information content (AvgIpc) is 2.28. The van der Waals surface area contributed by atoms with Gasteiger partial charge in [-0.1, -0.05) is 6.92 Å². The normalized spacial score (nSPS) is 12.6. The van der Waals surface area contributed by atoms with E-state index < -0.39 is 0 Å². The molecule has 0 bridgehead atoms. The summed E-state index contributed by atoms with van der Waals surface area (Å²) in [6.07, 6.45) is 1.84. The van der Waals surface area contributed by atoms with Crippen molar-refractivity contribution in [2.45, 2.75) is 31.8 Å². The van der Waals surface area contributed by atoms with Crippen molar-refractivity contribution in [3.8, 4) is 5.75 Å². The predicted octanol–water partition coefficient (Wildman–Crippen LogP) is 2.32. The van der Waals surface area contributed by atoms with Crippen LogP contribution in [0.15, 0.2) is 6.20 Å². The molecule has 0 saturated carbocycles. The van der Waals surface area contributed by atoms with E-state index in [2.05, 4.69) is 4.98 Å². The lowest BCUT2D eigenvalue weighted by Crippen LogP contribution is -2.04. The summed E-state index contributed by atoms with van der Waals surface area (Å²) in [5.74, 6) is 1.73. The molecule has 0 aliphatic rings. The third kappa shape index (κ3) is 3.12.